The molecule has 0 aliphatic rings. The third kappa shape index (κ3) is 1.59. The van der Waals surface area contributed by atoms with E-state index in [2.05, 4.69) is 4.84 Å². The maximum Gasteiger partial charge on any atom is 0.338 e. The largest absolute Gasteiger partial charge is 0.479 e. The minimum atomic E-state index is -1.28. The molecule has 0 amide bonds. The number of carboxylic acid groups (broad SMARTS) is 1. The molecule has 0 spiro atoms. The average Bonchev–Trinajstić information content (AvgIpc) is 1.87. The molecule has 0 saturated carbocycles. The van der Waals surface area contributed by atoms with Gasteiger partial charge in [-0.25, -0.2) is 10.7 Å². The topological polar surface area (TPSA) is 72.5 Å². The highest BCUT2D eigenvalue weighted by Crippen LogP contribution is 2.35. The Bertz CT molecular complexity index is 168. The summed E-state index contributed by atoms with van der Waals surface area (Å²) < 4.78 is 0. The zero-order valence-electron chi connectivity index (χ0n) is 8.05. The Hall–Kier alpha value is -0.610. The number of rotatable bonds is 3. The van der Waals surface area contributed by atoms with E-state index in [1.807, 2.05) is 0 Å². The molecular formula is C8H17NO3. The van der Waals surface area contributed by atoms with Crippen molar-refractivity contribution in [1.82, 2.24) is 0 Å². The van der Waals surface area contributed by atoms with Crippen LogP contribution in [0.25, 0.3) is 0 Å². The second-order valence-electron chi connectivity index (χ2n) is 3.85. The molecule has 0 aromatic heterocycles. The van der Waals surface area contributed by atoms with Crippen molar-refractivity contribution in [2.75, 3.05) is 0 Å². The van der Waals surface area contributed by atoms with E-state index >= 15 is 0 Å². The van der Waals surface area contributed by atoms with Gasteiger partial charge < -0.3 is 5.11 Å². The molecule has 12 heavy (non-hydrogen) atoms. The molecule has 72 valence electrons. The SMILES string of the molecule is CCC(ON)(C(=O)O)C(C)(C)C. The lowest BCUT2D eigenvalue weighted by Gasteiger charge is -2.37. The molecule has 1 unspecified atom stereocenters. The van der Waals surface area contributed by atoms with Crippen LogP contribution >= 0.6 is 0 Å². The van der Waals surface area contributed by atoms with Crippen LogP contribution in [0.1, 0.15) is 34.1 Å². The highest BCUT2D eigenvalue weighted by molar-refractivity contribution is 5.78. The van der Waals surface area contributed by atoms with Crippen LogP contribution < -0.4 is 5.90 Å². The lowest BCUT2D eigenvalue weighted by atomic mass is 9.75. The summed E-state index contributed by atoms with van der Waals surface area (Å²) in [6.45, 7) is 7.11. The standard InChI is InChI=1S/C8H17NO3/c1-5-8(12-9,6(10)11)7(2,3)4/h5,9H2,1-4H3,(H,10,11). The summed E-state index contributed by atoms with van der Waals surface area (Å²) in [5.74, 6) is 4.01. The molecule has 0 aromatic rings. The fourth-order valence-corrected chi connectivity index (χ4v) is 1.31. The molecule has 0 saturated heterocycles. The summed E-state index contributed by atoms with van der Waals surface area (Å²) >= 11 is 0. The van der Waals surface area contributed by atoms with Gasteiger partial charge >= 0.3 is 5.97 Å². The molecule has 4 nitrogen and oxygen atoms in total. The zero-order chi connectivity index (χ0) is 9.99. The molecule has 0 aromatic carbocycles. The summed E-state index contributed by atoms with van der Waals surface area (Å²) in [6, 6.07) is 0. The van der Waals surface area contributed by atoms with E-state index in [4.69, 9.17) is 11.0 Å². The van der Waals surface area contributed by atoms with Crippen molar-refractivity contribution >= 4 is 5.97 Å². The molecule has 0 heterocycles. The molecule has 1 atom stereocenters. The number of hydrogen-bond acceptors (Lipinski definition) is 3. The first kappa shape index (κ1) is 11.4. The summed E-state index contributed by atoms with van der Waals surface area (Å²) in [5.41, 5.74) is -1.80. The van der Waals surface area contributed by atoms with Crippen LogP contribution in [0.15, 0.2) is 0 Å². The van der Waals surface area contributed by atoms with Gasteiger partial charge in [0.1, 0.15) is 0 Å². The van der Waals surface area contributed by atoms with Crippen LogP contribution in [0.4, 0.5) is 0 Å². The second kappa shape index (κ2) is 3.41. The molecular weight excluding hydrogens is 158 g/mol. The van der Waals surface area contributed by atoms with Crippen LogP contribution in [0.2, 0.25) is 0 Å². The van der Waals surface area contributed by atoms with Crippen LogP contribution in [0, 0.1) is 5.41 Å². The highest BCUT2D eigenvalue weighted by atomic mass is 16.6. The van der Waals surface area contributed by atoms with Crippen molar-refractivity contribution < 1.29 is 14.7 Å². The summed E-state index contributed by atoms with van der Waals surface area (Å²) in [5, 5.41) is 8.95. The predicted molar refractivity (Wildman–Crippen MR) is 45.4 cm³/mol. The van der Waals surface area contributed by atoms with E-state index in [-0.39, 0.29) is 0 Å². The minimum absolute atomic E-state index is 0.350. The first-order valence-electron chi connectivity index (χ1n) is 3.93. The van der Waals surface area contributed by atoms with Gasteiger partial charge in [0.25, 0.3) is 0 Å². The lowest BCUT2D eigenvalue weighted by Crippen LogP contribution is -2.53. The maximum absolute atomic E-state index is 10.9. The van der Waals surface area contributed by atoms with Crippen molar-refractivity contribution in [2.45, 2.75) is 39.7 Å². The van der Waals surface area contributed by atoms with Crippen LogP contribution in [0.3, 0.4) is 0 Å². The monoisotopic (exact) mass is 175 g/mol. The Morgan fingerprint density at radius 1 is 1.50 bits per heavy atom. The Morgan fingerprint density at radius 3 is 1.92 bits per heavy atom. The average molecular weight is 175 g/mol. The van der Waals surface area contributed by atoms with Gasteiger partial charge in [-0.3, -0.25) is 4.84 Å². The second-order valence-corrected chi connectivity index (χ2v) is 3.85. The van der Waals surface area contributed by atoms with Gasteiger partial charge in [-0.15, -0.1) is 0 Å². The Balaban J connectivity index is 4.97. The van der Waals surface area contributed by atoms with Crippen LogP contribution in [-0.4, -0.2) is 16.7 Å². The maximum atomic E-state index is 10.9. The fraction of sp³-hybridized carbons (Fsp3) is 0.875. The normalized spacial score (nSPS) is 17.1. The van der Waals surface area contributed by atoms with E-state index in [9.17, 15) is 4.79 Å². The van der Waals surface area contributed by atoms with Crippen LogP contribution in [-0.2, 0) is 9.63 Å². The van der Waals surface area contributed by atoms with Gasteiger partial charge in [0.2, 0.25) is 0 Å². The van der Waals surface area contributed by atoms with Gasteiger partial charge in [-0.05, 0) is 6.42 Å². The fourth-order valence-electron chi connectivity index (χ4n) is 1.31. The Kier molecular flexibility index (Phi) is 3.24. The van der Waals surface area contributed by atoms with Crippen LogP contribution in [0.5, 0.6) is 0 Å². The van der Waals surface area contributed by atoms with Gasteiger partial charge in [0.15, 0.2) is 5.60 Å². The van der Waals surface area contributed by atoms with Crippen molar-refractivity contribution in [3.8, 4) is 0 Å². The summed E-state index contributed by atoms with van der Waals surface area (Å²) in [7, 11) is 0. The van der Waals surface area contributed by atoms with Gasteiger partial charge in [0, 0.05) is 5.41 Å². The van der Waals surface area contributed by atoms with Gasteiger partial charge in [-0.1, -0.05) is 27.7 Å². The highest BCUT2D eigenvalue weighted by Gasteiger charge is 2.48. The van der Waals surface area contributed by atoms with Crippen molar-refractivity contribution in [3.63, 3.8) is 0 Å². The number of nitrogens with two attached hydrogens (primary N) is 1. The molecule has 0 bridgehead atoms. The molecule has 0 aliphatic carbocycles. The molecule has 4 heteroatoms. The first-order chi connectivity index (χ1) is 5.31. The number of carboxylic acids is 1. The van der Waals surface area contributed by atoms with Crippen molar-refractivity contribution in [1.29, 1.82) is 0 Å². The third-order valence-electron chi connectivity index (χ3n) is 2.26. The minimum Gasteiger partial charge on any atom is -0.479 e. The van der Waals surface area contributed by atoms with Gasteiger partial charge in [0.05, 0.1) is 0 Å². The third-order valence-corrected chi connectivity index (χ3v) is 2.26. The molecule has 0 fully saturated rings. The lowest BCUT2D eigenvalue weighted by molar-refractivity contribution is -0.185. The molecule has 3 N–H and O–H groups in total. The number of aliphatic carboxylic acids is 1. The quantitative estimate of drug-likeness (QED) is 0.631. The Morgan fingerprint density at radius 2 is 1.92 bits per heavy atom. The smallest absolute Gasteiger partial charge is 0.338 e. The molecule has 0 rings (SSSR count). The zero-order valence-corrected chi connectivity index (χ0v) is 8.05. The molecule has 0 aliphatic heterocycles. The molecule has 0 radical (unpaired) electrons. The van der Waals surface area contributed by atoms with Gasteiger partial charge in [-0.2, -0.15) is 0 Å². The van der Waals surface area contributed by atoms with E-state index < -0.39 is 17.0 Å². The van der Waals surface area contributed by atoms with E-state index in [1.165, 1.54) is 0 Å². The number of hydrogen-bond donors (Lipinski definition) is 2. The van der Waals surface area contributed by atoms with E-state index in [0.29, 0.717) is 6.42 Å². The summed E-state index contributed by atoms with van der Waals surface area (Å²) in [4.78, 5) is 15.5. The van der Waals surface area contributed by atoms with E-state index in [0.717, 1.165) is 0 Å². The number of carbonyl (C=O) groups is 1. The summed E-state index contributed by atoms with van der Waals surface area (Å²) in [6.07, 6.45) is 0.350. The predicted octanol–water partition coefficient (Wildman–Crippen LogP) is 1.16. The van der Waals surface area contributed by atoms with Crippen molar-refractivity contribution in [3.05, 3.63) is 0 Å². The first-order valence-corrected chi connectivity index (χ1v) is 3.93. The van der Waals surface area contributed by atoms with Crippen molar-refractivity contribution in [2.24, 2.45) is 11.3 Å². The van der Waals surface area contributed by atoms with E-state index in [1.54, 1.807) is 27.7 Å². The Labute approximate surface area is 72.7 Å².